The molecule has 1 fully saturated rings. The summed E-state index contributed by atoms with van der Waals surface area (Å²) in [4.78, 5) is 2.53. The van der Waals surface area contributed by atoms with Gasteiger partial charge in [0.25, 0.3) is 0 Å². The predicted octanol–water partition coefficient (Wildman–Crippen LogP) is 3.33. The first kappa shape index (κ1) is 12.4. The van der Waals surface area contributed by atoms with E-state index in [9.17, 15) is 0 Å². The third-order valence-corrected chi connectivity index (χ3v) is 4.12. The molecule has 17 heavy (non-hydrogen) atoms. The Hall–Kier alpha value is -1.02. The number of hydrogen-bond donors (Lipinski definition) is 1. The number of hydrogen-bond acceptors (Lipinski definition) is 2. The van der Waals surface area contributed by atoms with Crippen molar-refractivity contribution >= 4 is 5.69 Å². The van der Waals surface area contributed by atoms with Crippen molar-refractivity contribution in [1.29, 1.82) is 0 Å². The van der Waals surface area contributed by atoms with E-state index in [-0.39, 0.29) is 6.04 Å². The lowest BCUT2D eigenvalue weighted by atomic mass is 9.91. The molecule has 2 heteroatoms. The minimum Gasteiger partial charge on any atom is -0.369 e. The lowest BCUT2D eigenvalue weighted by Crippen LogP contribution is -2.42. The molecule has 1 saturated heterocycles. The molecule has 1 aliphatic heterocycles. The van der Waals surface area contributed by atoms with E-state index in [0.717, 1.165) is 5.92 Å². The van der Waals surface area contributed by atoms with Crippen molar-refractivity contribution in [2.45, 2.75) is 45.7 Å². The fourth-order valence-corrected chi connectivity index (χ4v) is 2.67. The van der Waals surface area contributed by atoms with Gasteiger partial charge in [-0.25, -0.2) is 0 Å². The van der Waals surface area contributed by atoms with Crippen LogP contribution in [0.25, 0.3) is 0 Å². The minimum atomic E-state index is 0.127. The SMILES string of the molecule is CC(N)c1ccc(N2CCCC(C)C2C)cc1. The van der Waals surface area contributed by atoms with Gasteiger partial charge in [-0.15, -0.1) is 0 Å². The fourth-order valence-electron chi connectivity index (χ4n) is 2.67. The smallest absolute Gasteiger partial charge is 0.0368 e. The molecule has 0 aromatic heterocycles. The fraction of sp³-hybridized carbons (Fsp3) is 0.600. The van der Waals surface area contributed by atoms with Gasteiger partial charge in [0, 0.05) is 24.3 Å². The Kier molecular flexibility index (Phi) is 3.72. The highest BCUT2D eigenvalue weighted by Gasteiger charge is 2.24. The number of piperidine rings is 1. The van der Waals surface area contributed by atoms with Gasteiger partial charge < -0.3 is 10.6 Å². The molecule has 0 saturated carbocycles. The summed E-state index contributed by atoms with van der Waals surface area (Å²) in [7, 11) is 0. The van der Waals surface area contributed by atoms with Gasteiger partial charge in [-0.05, 0) is 50.3 Å². The molecule has 0 amide bonds. The third kappa shape index (κ3) is 2.63. The molecule has 3 atom stereocenters. The Bertz CT molecular complexity index is 356. The summed E-state index contributed by atoms with van der Waals surface area (Å²) in [5, 5.41) is 0. The number of rotatable bonds is 2. The Morgan fingerprint density at radius 3 is 2.47 bits per heavy atom. The maximum Gasteiger partial charge on any atom is 0.0368 e. The highest BCUT2D eigenvalue weighted by Crippen LogP contribution is 2.28. The van der Waals surface area contributed by atoms with E-state index in [4.69, 9.17) is 5.73 Å². The van der Waals surface area contributed by atoms with Crippen molar-refractivity contribution in [2.75, 3.05) is 11.4 Å². The number of nitrogens with zero attached hydrogens (tertiary/aromatic N) is 1. The molecule has 1 aliphatic rings. The van der Waals surface area contributed by atoms with Gasteiger partial charge in [-0.2, -0.15) is 0 Å². The Labute approximate surface area is 105 Å². The first-order chi connectivity index (χ1) is 8.09. The van der Waals surface area contributed by atoms with E-state index in [2.05, 4.69) is 43.0 Å². The van der Waals surface area contributed by atoms with Crippen LogP contribution >= 0.6 is 0 Å². The maximum absolute atomic E-state index is 5.88. The van der Waals surface area contributed by atoms with Gasteiger partial charge in [-0.1, -0.05) is 19.1 Å². The first-order valence-electron chi connectivity index (χ1n) is 6.72. The lowest BCUT2D eigenvalue weighted by molar-refractivity contribution is 0.363. The normalized spacial score (nSPS) is 26.9. The van der Waals surface area contributed by atoms with Crippen molar-refractivity contribution in [3.8, 4) is 0 Å². The molecule has 1 aromatic rings. The van der Waals surface area contributed by atoms with Crippen molar-refractivity contribution in [3.63, 3.8) is 0 Å². The standard InChI is InChI=1S/C15H24N2/c1-11-5-4-10-17(13(11)3)15-8-6-14(7-9-15)12(2)16/h6-9,11-13H,4-5,10,16H2,1-3H3. The third-order valence-electron chi connectivity index (χ3n) is 4.12. The number of anilines is 1. The van der Waals surface area contributed by atoms with E-state index in [0.29, 0.717) is 6.04 Å². The van der Waals surface area contributed by atoms with E-state index >= 15 is 0 Å². The quantitative estimate of drug-likeness (QED) is 0.847. The molecule has 2 rings (SSSR count). The van der Waals surface area contributed by atoms with Crippen molar-refractivity contribution < 1.29 is 0 Å². The van der Waals surface area contributed by atoms with Crippen LogP contribution in [-0.4, -0.2) is 12.6 Å². The number of benzene rings is 1. The summed E-state index contributed by atoms with van der Waals surface area (Å²) in [5.41, 5.74) is 8.43. The molecular weight excluding hydrogens is 208 g/mol. The van der Waals surface area contributed by atoms with Crippen LogP contribution in [0.15, 0.2) is 24.3 Å². The summed E-state index contributed by atoms with van der Waals surface area (Å²) in [6.07, 6.45) is 2.66. The van der Waals surface area contributed by atoms with Gasteiger partial charge in [0.15, 0.2) is 0 Å². The zero-order valence-corrected chi connectivity index (χ0v) is 11.2. The van der Waals surface area contributed by atoms with E-state index in [1.54, 1.807) is 0 Å². The molecule has 1 aromatic carbocycles. The zero-order chi connectivity index (χ0) is 12.4. The second-order valence-corrected chi connectivity index (χ2v) is 5.43. The van der Waals surface area contributed by atoms with E-state index < -0.39 is 0 Å². The van der Waals surface area contributed by atoms with Crippen molar-refractivity contribution in [1.82, 2.24) is 0 Å². The van der Waals surface area contributed by atoms with Gasteiger partial charge in [-0.3, -0.25) is 0 Å². The molecule has 2 nitrogen and oxygen atoms in total. The average molecular weight is 232 g/mol. The molecule has 1 heterocycles. The van der Waals surface area contributed by atoms with Gasteiger partial charge in [0.05, 0.1) is 0 Å². The Morgan fingerprint density at radius 1 is 1.24 bits per heavy atom. The lowest BCUT2D eigenvalue weighted by Gasteiger charge is -2.39. The first-order valence-corrected chi connectivity index (χ1v) is 6.72. The van der Waals surface area contributed by atoms with Crippen LogP contribution in [0.3, 0.4) is 0 Å². The largest absolute Gasteiger partial charge is 0.369 e. The van der Waals surface area contributed by atoms with Crippen LogP contribution < -0.4 is 10.6 Å². The molecule has 0 bridgehead atoms. The molecule has 0 aliphatic carbocycles. The summed E-state index contributed by atoms with van der Waals surface area (Å²) in [5.74, 6) is 0.789. The second-order valence-electron chi connectivity index (χ2n) is 5.43. The summed E-state index contributed by atoms with van der Waals surface area (Å²) < 4.78 is 0. The van der Waals surface area contributed by atoms with Crippen molar-refractivity contribution in [2.24, 2.45) is 11.7 Å². The van der Waals surface area contributed by atoms with E-state index in [1.165, 1.54) is 30.6 Å². The summed E-state index contributed by atoms with van der Waals surface area (Å²) >= 11 is 0. The van der Waals surface area contributed by atoms with Gasteiger partial charge >= 0.3 is 0 Å². The van der Waals surface area contributed by atoms with Crippen molar-refractivity contribution in [3.05, 3.63) is 29.8 Å². The predicted molar refractivity (Wildman–Crippen MR) is 74.3 cm³/mol. The minimum absolute atomic E-state index is 0.127. The molecule has 2 N–H and O–H groups in total. The zero-order valence-electron chi connectivity index (χ0n) is 11.2. The summed E-state index contributed by atoms with van der Waals surface area (Å²) in [6, 6.07) is 9.52. The maximum atomic E-state index is 5.88. The van der Waals surface area contributed by atoms with E-state index in [1.807, 2.05) is 6.92 Å². The molecule has 94 valence electrons. The molecule has 0 spiro atoms. The van der Waals surface area contributed by atoms with Gasteiger partial charge in [0.2, 0.25) is 0 Å². The molecular formula is C15H24N2. The average Bonchev–Trinajstić information content (AvgIpc) is 2.33. The van der Waals surface area contributed by atoms with Crippen LogP contribution in [0, 0.1) is 5.92 Å². The Balaban J connectivity index is 2.16. The Morgan fingerprint density at radius 2 is 1.88 bits per heavy atom. The summed E-state index contributed by atoms with van der Waals surface area (Å²) in [6.45, 7) is 7.90. The van der Waals surface area contributed by atoms with Crippen LogP contribution in [0.2, 0.25) is 0 Å². The molecule has 0 radical (unpaired) electrons. The van der Waals surface area contributed by atoms with Crippen LogP contribution in [0.5, 0.6) is 0 Å². The monoisotopic (exact) mass is 232 g/mol. The number of nitrogens with two attached hydrogens (primary N) is 1. The molecule has 3 unspecified atom stereocenters. The topological polar surface area (TPSA) is 29.3 Å². The second kappa shape index (κ2) is 5.09. The van der Waals surface area contributed by atoms with Crippen LogP contribution in [0.1, 0.15) is 45.2 Å². The highest BCUT2D eigenvalue weighted by atomic mass is 15.2. The van der Waals surface area contributed by atoms with Crippen LogP contribution in [0.4, 0.5) is 5.69 Å². The highest BCUT2D eigenvalue weighted by molar-refractivity contribution is 5.49. The van der Waals surface area contributed by atoms with Gasteiger partial charge in [0.1, 0.15) is 0 Å². The van der Waals surface area contributed by atoms with Crippen LogP contribution in [-0.2, 0) is 0 Å².